The molecule has 4 rings (SSSR count). The number of nitrogens with one attached hydrogen (secondary N) is 1. The quantitative estimate of drug-likeness (QED) is 0.718. The standard InChI is InChI=1S/C25H24FNO4/c1-15-22(25(29)31-14-16-9-11-19(30-2)12-10-16)23(17-5-3-6-18(26)13-17)24-20(27-15)7-4-8-21(24)28/h3,5-6,9-13,23,27H,4,7-8,14H2,1-2H3/t23-/m1/s1. The van der Waals surface area contributed by atoms with Gasteiger partial charge in [0.05, 0.1) is 12.7 Å². The van der Waals surface area contributed by atoms with Gasteiger partial charge in [0, 0.05) is 29.3 Å². The second-order valence-corrected chi connectivity index (χ2v) is 7.74. The van der Waals surface area contributed by atoms with Crippen molar-refractivity contribution in [3.05, 3.63) is 88.0 Å². The van der Waals surface area contributed by atoms with Crippen LogP contribution in [0, 0.1) is 5.82 Å². The van der Waals surface area contributed by atoms with Crippen molar-refractivity contribution in [3.8, 4) is 5.75 Å². The first kappa shape index (κ1) is 20.8. The molecular formula is C25H24FNO4. The van der Waals surface area contributed by atoms with Crippen molar-refractivity contribution in [2.75, 3.05) is 7.11 Å². The third-order valence-electron chi connectivity index (χ3n) is 5.71. The fourth-order valence-electron chi connectivity index (χ4n) is 4.22. The molecule has 1 heterocycles. The lowest BCUT2D eigenvalue weighted by Crippen LogP contribution is -2.34. The fourth-order valence-corrected chi connectivity index (χ4v) is 4.22. The van der Waals surface area contributed by atoms with Crippen LogP contribution in [-0.2, 0) is 20.9 Å². The Morgan fingerprint density at radius 1 is 1.16 bits per heavy atom. The van der Waals surface area contributed by atoms with E-state index in [1.807, 2.05) is 12.1 Å². The summed E-state index contributed by atoms with van der Waals surface area (Å²) in [6.45, 7) is 1.87. The van der Waals surface area contributed by atoms with Crippen LogP contribution in [0.2, 0.25) is 0 Å². The predicted molar refractivity (Wildman–Crippen MR) is 114 cm³/mol. The van der Waals surface area contributed by atoms with Crippen LogP contribution in [-0.4, -0.2) is 18.9 Å². The number of Topliss-reactive ketones (excluding diaryl/α,β-unsaturated/α-hetero) is 1. The van der Waals surface area contributed by atoms with E-state index in [1.54, 1.807) is 38.3 Å². The topological polar surface area (TPSA) is 64.6 Å². The fraction of sp³-hybridized carbons (Fsp3) is 0.280. The highest BCUT2D eigenvalue weighted by atomic mass is 19.1. The first-order chi connectivity index (χ1) is 15.0. The highest BCUT2D eigenvalue weighted by Gasteiger charge is 2.39. The SMILES string of the molecule is COc1ccc(COC(=O)C2=C(C)NC3=C(C(=O)CCC3)[C@@H]2c2cccc(F)c2)cc1. The molecule has 6 heteroatoms. The van der Waals surface area contributed by atoms with Gasteiger partial charge in [0.1, 0.15) is 18.2 Å². The minimum Gasteiger partial charge on any atom is -0.497 e. The van der Waals surface area contributed by atoms with E-state index in [4.69, 9.17) is 9.47 Å². The van der Waals surface area contributed by atoms with Crippen LogP contribution in [0.1, 0.15) is 43.2 Å². The highest BCUT2D eigenvalue weighted by Crippen LogP contribution is 2.42. The van der Waals surface area contributed by atoms with Crippen LogP contribution in [0.15, 0.2) is 71.1 Å². The Bertz CT molecular complexity index is 1080. The number of hydrogen-bond donors (Lipinski definition) is 1. The molecule has 1 aliphatic carbocycles. The molecule has 0 saturated carbocycles. The largest absolute Gasteiger partial charge is 0.497 e. The van der Waals surface area contributed by atoms with Crippen molar-refractivity contribution in [3.63, 3.8) is 0 Å². The summed E-state index contributed by atoms with van der Waals surface area (Å²) in [4.78, 5) is 26.0. The molecule has 0 spiro atoms. The molecule has 0 saturated heterocycles. The summed E-state index contributed by atoms with van der Waals surface area (Å²) in [7, 11) is 1.59. The van der Waals surface area contributed by atoms with Gasteiger partial charge in [-0.3, -0.25) is 4.79 Å². The first-order valence-electron chi connectivity index (χ1n) is 10.3. The molecule has 1 N–H and O–H groups in total. The summed E-state index contributed by atoms with van der Waals surface area (Å²) in [6, 6.07) is 13.3. The molecule has 2 aromatic rings. The highest BCUT2D eigenvalue weighted by molar-refractivity contribution is 6.03. The molecule has 0 fully saturated rings. The van der Waals surface area contributed by atoms with E-state index < -0.39 is 17.7 Å². The number of allylic oxidation sites excluding steroid dienone is 3. The van der Waals surface area contributed by atoms with E-state index in [-0.39, 0.29) is 12.4 Å². The zero-order valence-electron chi connectivity index (χ0n) is 17.5. The number of ether oxygens (including phenoxy) is 2. The number of hydrogen-bond acceptors (Lipinski definition) is 5. The molecule has 0 amide bonds. The monoisotopic (exact) mass is 421 g/mol. The summed E-state index contributed by atoms with van der Waals surface area (Å²) in [5.74, 6) is -0.893. The smallest absolute Gasteiger partial charge is 0.337 e. The van der Waals surface area contributed by atoms with Gasteiger partial charge in [-0.2, -0.15) is 0 Å². The third kappa shape index (κ3) is 4.24. The van der Waals surface area contributed by atoms with Crippen molar-refractivity contribution in [1.29, 1.82) is 0 Å². The Morgan fingerprint density at radius 3 is 2.65 bits per heavy atom. The van der Waals surface area contributed by atoms with E-state index in [0.717, 1.165) is 24.1 Å². The number of methoxy groups -OCH3 is 1. The maximum Gasteiger partial charge on any atom is 0.337 e. The molecule has 0 bridgehead atoms. The second-order valence-electron chi connectivity index (χ2n) is 7.74. The number of rotatable bonds is 5. The molecule has 5 nitrogen and oxygen atoms in total. The minimum absolute atomic E-state index is 0.0176. The summed E-state index contributed by atoms with van der Waals surface area (Å²) in [5.41, 5.74) is 3.70. The number of benzene rings is 2. The zero-order chi connectivity index (χ0) is 22.0. The lowest BCUT2D eigenvalue weighted by Gasteiger charge is -2.34. The third-order valence-corrected chi connectivity index (χ3v) is 5.71. The Balaban J connectivity index is 1.66. The molecule has 160 valence electrons. The second kappa shape index (κ2) is 8.76. The number of dihydropyridines is 1. The maximum atomic E-state index is 14.0. The normalized spacial score (nSPS) is 18.4. The number of ketones is 1. The molecule has 1 atom stereocenters. The maximum absolute atomic E-state index is 14.0. The summed E-state index contributed by atoms with van der Waals surface area (Å²) in [5, 5.41) is 3.23. The van der Waals surface area contributed by atoms with E-state index >= 15 is 0 Å². The van der Waals surface area contributed by atoms with Crippen LogP contribution >= 0.6 is 0 Å². The molecule has 2 aromatic carbocycles. The lowest BCUT2D eigenvalue weighted by atomic mass is 9.75. The number of carbonyl (C=O) groups is 2. The van der Waals surface area contributed by atoms with Crippen molar-refractivity contribution in [2.45, 2.75) is 38.7 Å². The van der Waals surface area contributed by atoms with Gasteiger partial charge in [-0.25, -0.2) is 9.18 Å². The Labute approximate surface area is 180 Å². The van der Waals surface area contributed by atoms with Crippen molar-refractivity contribution < 1.29 is 23.5 Å². The van der Waals surface area contributed by atoms with Crippen LogP contribution in [0.5, 0.6) is 5.75 Å². The number of esters is 1. The van der Waals surface area contributed by atoms with Crippen LogP contribution in [0.25, 0.3) is 0 Å². The van der Waals surface area contributed by atoms with Gasteiger partial charge in [-0.15, -0.1) is 0 Å². The Morgan fingerprint density at radius 2 is 1.94 bits per heavy atom. The Kier molecular flexibility index (Phi) is 5.89. The van der Waals surface area contributed by atoms with Gasteiger partial charge in [0.15, 0.2) is 5.78 Å². The first-order valence-corrected chi connectivity index (χ1v) is 10.3. The average molecular weight is 421 g/mol. The van der Waals surface area contributed by atoms with E-state index in [1.165, 1.54) is 12.1 Å². The van der Waals surface area contributed by atoms with Gasteiger partial charge < -0.3 is 14.8 Å². The molecule has 0 aromatic heterocycles. The molecule has 31 heavy (non-hydrogen) atoms. The average Bonchev–Trinajstić information content (AvgIpc) is 2.77. The van der Waals surface area contributed by atoms with E-state index in [9.17, 15) is 14.0 Å². The van der Waals surface area contributed by atoms with E-state index in [2.05, 4.69) is 5.32 Å². The van der Waals surface area contributed by atoms with Crippen molar-refractivity contribution in [1.82, 2.24) is 5.32 Å². The van der Waals surface area contributed by atoms with Crippen LogP contribution < -0.4 is 10.1 Å². The van der Waals surface area contributed by atoms with Gasteiger partial charge in [0.2, 0.25) is 0 Å². The molecule has 0 unspecified atom stereocenters. The summed E-state index contributed by atoms with van der Waals surface area (Å²) < 4.78 is 24.8. The number of carbonyl (C=O) groups excluding carboxylic acids is 2. The van der Waals surface area contributed by atoms with Crippen LogP contribution in [0.3, 0.4) is 0 Å². The summed E-state index contributed by atoms with van der Waals surface area (Å²) in [6.07, 6.45) is 1.89. The summed E-state index contributed by atoms with van der Waals surface area (Å²) >= 11 is 0. The van der Waals surface area contributed by atoms with Gasteiger partial charge in [-0.05, 0) is 55.2 Å². The van der Waals surface area contributed by atoms with E-state index in [0.29, 0.717) is 34.6 Å². The van der Waals surface area contributed by atoms with Gasteiger partial charge in [-0.1, -0.05) is 24.3 Å². The van der Waals surface area contributed by atoms with Gasteiger partial charge >= 0.3 is 5.97 Å². The van der Waals surface area contributed by atoms with Crippen molar-refractivity contribution in [2.24, 2.45) is 0 Å². The lowest BCUT2D eigenvalue weighted by molar-refractivity contribution is -0.140. The molecule has 0 radical (unpaired) electrons. The Hall–Kier alpha value is -3.41. The number of halogens is 1. The predicted octanol–water partition coefficient (Wildman–Crippen LogP) is 4.55. The molecule has 2 aliphatic rings. The minimum atomic E-state index is -0.650. The zero-order valence-corrected chi connectivity index (χ0v) is 17.5. The van der Waals surface area contributed by atoms with Gasteiger partial charge in [0.25, 0.3) is 0 Å². The molecular weight excluding hydrogens is 397 g/mol. The van der Waals surface area contributed by atoms with Crippen molar-refractivity contribution >= 4 is 11.8 Å². The molecule has 1 aliphatic heterocycles. The van der Waals surface area contributed by atoms with Crippen LogP contribution in [0.4, 0.5) is 4.39 Å².